The Balaban J connectivity index is 1.60. The van der Waals surface area contributed by atoms with Crippen molar-refractivity contribution in [2.75, 3.05) is 30.9 Å². The van der Waals surface area contributed by atoms with E-state index in [0.717, 1.165) is 26.9 Å². The van der Waals surface area contributed by atoms with Crippen molar-refractivity contribution in [1.82, 2.24) is 4.90 Å². The highest BCUT2D eigenvalue weighted by atomic mass is 32.2. The summed E-state index contributed by atoms with van der Waals surface area (Å²) in [6.45, 7) is 3.06. The second-order valence-corrected chi connectivity index (χ2v) is 10.4. The summed E-state index contributed by atoms with van der Waals surface area (Å²) in [4.78, 5) is 36.5. The van der Waals surface area contributed by atoms with E-state index in [1.54, 1.807) is 28.8 Å². The van der Waals surface area contributed by atoms with Crippen LogP contribution in [0.2, 0.25) is 0 Å². The third kappa shape index (κ3) is 4.97. The second kappa shape index (κ2) is 10.7. The number of benzene rings is 3. The number of hydrogen-bond acceptors (Lipinski definition) is 8. The van der Waals surface area contributed by atoms with Gasteiger partial charge in [-0.3, -0.25) is 9.69 Å². The average molecular weight is 531 g/mol. The van der Waals surface area contributed by atoms with Gasteiger partial charge in [0.05, 0.1) is 41.3 Å². The summed E-state index contributed by atoms with van der Waals surface area (Å²) in [5.74, 6) is -0.533. The number of ether oxygens (including phenoxy) is 1. The number of para-hydroxylation sites is 1. The average Bonchev–Trinajstić information content (AvgIpc) is 3.41. The highest BCUT2D eigenvalue weighted by Gasteiger charge is 2.39. The minimum atomic E-state index is -0.439. The van der Waals surface area contributed by atoms with Crippen molar-refractivity contribution >= 4 is 57.6 Å². The lowest BCUT2D eigenvalue weighted by Crippen LogP contribution is -2.29. The molecular formula is C28H26N4O3S2. The largest absolute Gasteiger partial charge is 0.465 e. The highest BCUT2D eigenvalue weighted by Crippen LogP contribution is 2.50. The molecule has 1 amide bonds. The molecule has 2 aliphatic rings. The van der Waals surface area contributed by atoms with Gasteiger partial charge in [0, 0.05) is 18.5 Å². The van der Waals surface area contributed by atoms with Gasteiger partial charge in [-0.2, -0.15) is 0 Å². The number of carbonyl (C=O) groups is 2. The third-order valence-corrected chi connectivity index (χ3v) is 8.41. The fraction of sp³-hybridized carbons (Fsp3) is 0.179. The van der Waals surface area contributed by atoms with Crippen LogP contribution in [0.3, 0.4) is 0 Å². The number of nitrogens with one attached hydrogen (secondary N) is 1. The van der Waals surface area contributed by atoms with Gasteiger partial charge >= 0.3 is 5.97 Å². The number of nitrogens with zero attached hydrogens (tertiary/aromatic N) is 3. The van der Waals surface area contributed by atoms with Gasteiger partial charge in [0.2, 0.25) is 0 Å². The molecule has 3 aromatic rings. The Labute approximate surface area is 224 Å². The van der Waals surface area contributed by atoms with E-state index >= 15 is 0 Å². The van der Waals surface area contributed by atoms with E-state index in [1.165, 1.54) is 18.9 Å². The van der Waals surface area contributed by atoms with Crippen LogP contribution in [-0.4, -0.2) is 42.6 Å². The maximum Gasteiger partial charge on any atom is 0.337 e. The van der Waals surface area contributed by atoms with Crippen molar-refractivity contribution in [2.45, 2.75) is 18.4 Å². The molecule has 2 heterocycles. The van der Waals surface area contributed by atoms with Crippen molar-refractivity contribution in [1.29, 1.82) is 0 Å². The molecule has 0 spiro atoms. The molecule has 37 heavy (non-hydrogen) atoms. The lowest BCUT2D eigenvalue weighted by molar-refractivity contribution is -0.122. The number of fused-ring (bicyclic) bond motifs is 1. The van der Waals surface area contributed by atoms with Crippen LogP contribution >= 0.6 is 23.5 Å². The molecular weight excluding hydrogens is 504 g/mol. The van der Waals surface area contributed by atoms with Crippen molar-refractivity contribution in [3.05, 3.63) is 93.9 Å². The zero-order chi connectivity index (χ0) is 25.9. The fourth-order valence-electron chi connectivity index (χ4n) is 4.14. The number of esters is 1. The molecule has 5 rings (SSSR count). The van der Waals surface area contributed by atoms with Crippen LogP contribution in [-0.2, 0) is 16.1 Å². The predicted octanol–water partition coefficient (Wildman–Crippen LogP) is 6.08. The number of amidine groups is 1. The van der Waals surface area contributed by atoms with Crippen molar-refractivity contribution < 1.29 is 14.3 Å². The van der Waals surface area contributed by atoms with E-state index in [-0.39, 0.29) is 5.91 Å². The molecule has 1 N–H and O–H groups in total. The van der Waals surface area contributed by atoms with Crippen molar-refractivity contribution in [3.8, 4) is 0 Å². The van der Waals surface area contributed by atoms with Crippen molar-refractivity contribution in [3.63, 3.8) is 0 Å². The Morgan fingerprint density at radius 3 is 2.51 bits per heavy atom. The number of hydrogen-bond donors (Lipinski definition) is 1. The molecule has 1 saturated heterocycles. The number of rotatable bonds is 6. The minimum Gasteiger partial charge on any atom is -0.465 e. The monoisotopic (exact) mass is 530 g/mol. The van der Waals surface area contributed by atoms with Gasteiger partial charge in [-0.15, -0.1) is 0 Å². The summed E-state index contributed by atoms with van der Waals surface area (Å²) in [6, 6.07) is 23.2. The van der Waals surface area contributed by atoms with E-state index < -0.39 is 5.97 Å². The molecule has 0 aliphatic carbocycles. The van der Waals surface area contributed by atoms with Crippen LogP contribution < -0.4 is 10.2 Å². The van der Waals surface area contributed by atoms with Crippen LogP contribution in [0, 0.1) is 0 Å². The maximum absolute atomic E-state index is 13.9. The van der Waals surface area contributed by atoms with Crippen LogP contribution in [0.5, 0.6) is 0 Å². The number of aliphatic imine (C=N–C) groups is 1. The van der Waals surface area contributed by atoms with Gasteiger partial charge in [0.1, 0.15) is 4.91 Å². The lowest BCUT2D eigenvalue weighted by atomic mass is 10.1. The molecule has 0 radical (unpaired) electrons. The molecule has 9 heteroatoms. The number of thioether (sulfide) groups is 2. The van der Waals surface area contributed by atoms with Gasteiger partial charge in [-0.1, -0.05) is 54.2 Å². The zero-order valence-corrected chi connectivity index (χ0v) is 22.4. The summed E-state index contributed by atoms with van der Waals surface area (Å²) in [5.41, 5.74) is 3.81. The van der Waals surface area contributed by atoms with Crippen LogP contribution in [0.15, 0.2) is 92.6 Å². The van der Waals surface area contributed by atoms with Crippen molar-refractivity contribution in [2.24, 2.45) is 4.99 Å². The van der Waals surface area contributed by atoms with E-state index in [4.69, 9.17) is 9.73 Å². The summed E-state index contributed by atoms with van der Waals surface area (Å²) in [7, 11) is 3.33. The SMILES string of the molecule is CCNc1ccc(C(=O)OC)cc1N=C1SC(=C2Sc3ccccc3N2C)C(=O)N1Cc1ccccc1. The zero-order valence-electron chi connectivity index (χ0n) is 20.7. The molecule has 1 fully saturated rings. The summed E-state index contributed by atoms with van der Waals surface area (Å²) in [6.07, 6.45) is 0. The van der Waals surface area contributed by atoms with Crippen LogP contribution in [0.4, 0.5) is 17.1 Å². The van der Waals surface area contributed by atoms with Gasteiger partial charge in [0.25, 0.3) is 5.91 Å². The maximum atomic E-state index is 13.9. The van der Waals surface area contributed by atoms with E-state index in [1.807, 2.05) is 62.5 Å². The molecule has 0 atom stereocenters. The Bertz CT molecular complexity index is 1420. The smallest absolute Gasteiger partial charge is 0.337 e. The molecule has 0 unspecified atom stereocenters. The third-order valence-electron chi connectivity index (χ3n) is 5.98. The molecule has 0 saturated carbocycles. The first-order valence-electron chi connectivity index (χ1n) is 11.8. The van der Waals surface area contributed by atoms with Crippen LogP contribution in [0.25, 0.3) is 0 Å². The predicted molar refractivity (Wildman–Crippen MR) is 151 cm³/mol. The van der Waals surface area contributed by atoms with Gasteiger partial charge in [0.15, 0.2) is 5.17 Å². The molecule has 7 nitrogen and oxygen atoms in total. The van der Waals surface area contributed by atoms with E-state index in [9.17, 15) is 9.59 Å². The first kappa shape index (κ1) is 25.0. The Morgan fingerprint density at radius 2 is 1.78 bits per heavy atom. The Kier molecular flexibility index (Phi) is 7.25. The van der Waals surface area contributed by atoms with Gasteiger partial charge < -0.3 is 15.0 Å². The normalized spacial score (nSPS) is 17.9. The summed E-state index contributed by atoms with van der Waals surface area (Å²) in [5, 5.41) is 4.74. The van der Waals surface area contributed by atoms with E-state index in [0.29, 0.717) is 34.4 Å². The Hall–Kier alpha value is -3.69. The summed E-state index contributed by atoms with van der Waals surface area (Å²) < 4.78 is 4.91. The number of amides is 1. The molecule has 0 bridgehead atoms. The summed E-state index contributed by atoms with van der Waals surface area (Å²) >= 11 is 2.95. The Morgan fingerprint density at radius 1 is 1.03 bits per heavy atom. The quantitative estimate of drug-likeness (QED) is 0.306. The first-order chi connectivity index (χ1) is 18.0. The first-order valence-corrected chi connectivity index (χ1v) is 13.5. The minimum absolute atomic E-state index is 0.0936. The topological polar surface area (TPSA) is 74.2 Å². The number of carbonyl (C=O) groups excluding carboxylic acids is 2. The van der Waals surface area contributed by atoms with Gasteiger partial charge in [-0.25, -0.2) is 9.79 Å². The number of anilines is 2. The van der Waals surface area contributed by atoms with E-state index in [2.05, 4.69) is 22.3 Å². The fourth-order valence-corrected chi connectivity index (χ4v) is 6.47. The molecule has 0 aromatic heterocycles. The standard InChI is InChI=1S/C28H26N4O3S2/c1-4-29-20-15-14-19(27(34)35-3)16-21(20)30-28-32(17-18-10-6-5-7-11-18)25(33)24(37-28)26-31(2)22-12-8-9-13-23(22)36-26/h5-16,29H,4,17H2,1-3H3. The molecule has 3 aromatic carbocycles. The lowest BCUT2D eigenvalue weighted by Gasteiger charge is -2.17. The van der Waals surface area contributed by atoms with Crippen LogP contribution in [0.1, 0.15) is 22.8 Å². The molecule has 2 aliphatic heterocycles. The van der Waals surface area contributed by atoms with Gasteiger partial charge in [-0.05, 0) is 54.6 Å². The molecule has 188 valence electrons. The highest BCUT2D eigenvalue weighted by molar-refractivity contribution is 8.19. The second-order valence-electron chi connectivity index (χ2n) is 8.39. The number of methoxy groups -OCH3 is 1.